The second-order valence-corrected chi connectivity index (χ2v) is 6.31. The number of nitrogens with one attached hydrogen (secondary N) is 2. The molecule has 2 N–H and O–H groups in total. The molecule has 132 valence electrons. The van der Waals surface area contributed by atoms with Crippen molar-refractivity contribution >= 4 is 46.4 Å². The van der Waals surface area contributed by atoms with E-state index in [1.807, 2.05) is 12.1 Å². The van der Waals surface area contributed by atoms with Gasteiger partial charge in [0.1, 0.15) is 5.69 Å². The molecule has 3 aromatic rings. The van der Waals surface area contributed by atoms with E-state index in [9.17, 15) is 9.59 Å². The highest BCUT2D eigenvalue weighted by atomic mass is 35.5. The molecule has 0 fully saturated rings. The molecule has 0 aliphatic heterocycles. The molecule has 26 heavy (non-hydrogen) atoms. The lowest BCUT2D eigenvalue weighted by molar-refractivity contribution is -0.121. The lowest BCUT2D eigenvalue weighted by Crippen LogP contribution is -2.21. The van der Waals surface area contributed by atoms with Crippen LogP contribution >= 0.6 is 23.2 Å². The molecule has 1 aromatic heterocycles. The fraction of sp³-hybridized carbons (Fsp3) is 0.111. The minimum Gasteiger partial charge on any atom is -0.319 e. The van der Waals surface area contributed by atoms with Crippen LogP contribution in [0.1, 0.15) is 17.7 Å². The third-order valence-corrected chi connectivity index (χ3v) is 4.34. The Hall–Kier alpha value is -2.70. The van der Waals surface area contributed by atoms with Gasteiger partial charge < -0.3 is 4.98 Å². The van der Waals surface area contributed by atoms with Crippen LogP contribution in [0.3, 0.4) is 0 Å². The van der Waals surface area contributed by atoms with Crippen LogP contribution in [0, 0.1) is 0 Å². The number of fused-ring (bicyclic) bond motifs is 1. The first-order chi connectivity index (χ1) is 12.5. The maximum Gasteiger partial charge on any atom is 0.270 e. The number of hydrogen-bond donors (Lipinski definition) is 2. The zero-order valence-corrected chi connectivity index (χ0v) is 15.0. The van der Waals surface area contributed by atoms with E-state index in [0.29, 0.717) is 32.3 Å². The summed E-state index contributed by atoms with van der Waals surface area (Å²) >= 11 is 11.7. The zero-order valence-electron chi connectivity index (χ0n) is 13.5. The first-order valence-corrected chi connectivity index (χ1v) is 8.53. The average Bonchev–Trinajstić information content (AvgIpc) is 2.63. The summed E-state index contributed by atoms with van der Waals surface area (Å²) in [5.74, 6) is -0.323. The first kappa shape index (κ1) is 18.1. The summed E-state index contributed by atoms with van der Waals surface area (Å²) in [5.41, 5.74) is 4.47. The van der Waals surface area contributed by atoms with Crippen molar-refractivity contribution in [1.29, 1.82) is 0 Å². The highest BCUT2D eigenvalue weighted by Gasteiger charge is 2.07. The minimum atomic E-state index is -0.323. The van der Waals surface area contributed by atoms with Crippen molar-refractivity contribution in [2.45, 2.75) is 12.8 Å². The van der Waals surface area contributed by atoms with Gasteiger partial charge in [0.15, 0.2) is 0 Å². The largest absolute Gasteiger partial charge is 0.319 e. The van der Waals surface area contributed by atoms with E-state index in [1.165, 1.54) is 6.21 Å². The number of aryl methyl sites for hydroxylation is 1. The fourth-order valence-electron chi connectivity index (χ4n) is 2.30. The van der Waals surface area contributed by atoms with Crippen LogP contribution in [0.2, 0.25) is 10.0 Å². The predicted octanol–water partition coefficient (Wildman–Crippen LogP) is 3.31. The SMILES string of the molecule is O=C(CCc1nc2ccccc2[nH]c1=O)N/N=C\c1ccc(Cl)c(Cl)c1. The standard InChI is InChI=1S/C18H14Cl2N4O2/c19-12-6-5-11(9-13(12)20)10-21-24-17(25)8-7-16-18(26)23-15-4-2-1-3-14(15)22-16/h1-6,9-10H,7-8H2,(H,23,26)(H,24,25)/b21-10-. The molecule has 6 nitrogen and oxygen atoms in total. The number of hydrazone groups is 1. The van der Waals surface area contributed by atoms with Gasteiger partial charge in [-0.15, -0.1) is 0 Å². The van der Waals surface area contributed by atoms with Crippen molar-refractivity contribution in [2.75, 3.05) is 0 Å². The number of aromatic amines is 1. The van der Waals surface area contributed by atoms with Crippen molar-refractivity contribution in [3.63, 3.8) is 0 Å². The van der Waals surface area contributed by atoms with E-state index in [2.05, 4.69) is 20.5 Å². The Kier molecular flexibility index (Phi) is 5.65. The predicted molar refractivity (Wildman–Crippen MR) is 103 cm³/mol. The molecule has 0 aliphatic rings. The Labute approximate surface area is 158 Å². The molecular formula is C18H14Cl2N4O2. The van der Waals surface area contributed by atoms with E-state index in [0.717, 1.165) is 0 Å². The molecule has 0 saturated carbocycles. The van der Waals surface area contributed by atoms with Crippen molar-refractivity contribution in [3.05, 3.63) is 74.1 Å². The molecule has 1 amide bonds. The van der Waals surface area contributed by atoms with Crippen molar-refractivity contribution in [3.8, 4) is 0 Å². The number of carbonyl (C=O) groups is 1. The van der Waals surface area contributed by atoms with Gasteiger partial charge in [-0.3, -0.25) is 9.59 Å². The molecule has 0 unspecified atom stereocenters. The summed E-state index contributed by atoms with van der Waals surface area (Å²) in [5, 5.41) is 4.72. The number of hydrogen-bond acceptors (Lipinski definition) is 4. The molecule has 0 saturated heterocycles. The van der Waals surface area contributed by atoms with E-state index >= 15 is 0 Å². The first-order valence-electron chi connectivity index (χ1n) is 7.78. The lowest BCUT2D eigenvalue weighted by atomic mass is 10.2. The number of H-pyrrole nitrogens is 1. The van der Waals surface area contributed by atoms with Gasteiger partial charge in [-0.2, -0.15) is 5.10 Å². The van der Waals surface area contributed by atoms with Gasteiger partial charge in [0.2, 0.25) is 5.91 Å². The van der Waals surface area contributed by atoms with Gasteiger partial charge in [0.05, 0.1) is 27.3 Å². The van der Waals surface area contributed by atoms with E-state index in [-0.39, 0.29) is 24.3 Å². The van der Waals surface area contributed by atoms with E-state index < -0.39 is 0 Å². The number of amides is 1. The van der Waals surface area contributed by atoms with Crippen LogP contribution in [0.4, 0.5) is 0 Å². The maximum absolute atomic E-state index is 12.0. The topological polar surface area (TPSA) is 87.2 Å². The smallest absolute Gasteiger partial charge is 0.270 e. The third-order valence-electron chi connectivity index (χ3n) is 3.61. The van der Waals surface area contributed by atoms with Crippen molar-refractivity contribution in [1.82, 2.24) is 15.4 Å². The summed E-state index contributed by atoms with van der Waals surface area (Å²) in [7, 11) is 0. The molecule has 0 bridgehead atoms. The van der Waals surface area contributed by atoms with Gasteiger partial charge >= 0.3 is 0 Å². The molecule has 3 rings (SSSR count). The summed E-state index contributed by atoms with van der Waals surface area (Å²) in [6.07, 6.45) is 1.77. The minimum absolute atomic E-state index is 0.0904. The number of aromatic nitrogens is 2. The lowest BCUT2D eigenvalue weighted by Gasteiger charge is -2.02. The second-order valence-electron chi connectivity index (χ2n) is 5.50. The van der Waals surface area contributed by atoms with Gasteiger partial charge in [0, 0.05) is 12.8 Å². The quantitative estimate of drug-likeness (QED) is 0.519. The Morgan fingerprint density at radius 2 is 2.00 bits per heavy atom. The highest BCUT2D eigenvalue weighted by molar-refractivity contribution is 6.42. The second kappa shape index (κ2) is 8.12. The normalized spacial score (nSPS) is 11.2. The van der Waals surface area contributed by atoms with Crippen LogP contribution in [0.15, 0.2) is 52.4 Å². The Bertz CT molecular complexity index is 1050. The van der Waals surface area contributed by atoms with Gasteiger partial charge in [-0.1, -0.05) is 41.4 Å². The number of rotatable bonds is 5. The summed E-state index contributed by atoms with van der Waals surface area (Å²) < 4.78 is 0. The molecular weight excluding hydrogens is 375 g/mol. The monoisotopic (exact) mass is 388 g/mol. The number of para-hydroxylation sites is 2. The average molecular weight is 389 g/mol. The third kappa shape index (κ3) is 4.47. The summed E-state index contributed by atoms with van der Waals surface area (Å²) in [4.78, 5) is 30.9. The van der Waals surface area contributed by atoms with E-state index in [4.69, 9.17) is 23.2 Å². The Morgan fingerprint density at radius 1 is 1.19 bits per heavy atom. The number of nitrogens with zero attached hydrogens (tertiary/aromatic N) is 2. The molecule has 0 radical (unpaired) electrons. The highest BCUT2D eigenvalue weighted by Crippen LogP contribution is 2.21. The molecule has 2 aromatic carbocycles. The van der Waals surface area contributed by atoms with Crippen molar-refractivity contribution in [2.24, 2.45) is 5.10 Å². The van der Waals surface area contributed by atoms with Gasteiger partial charge in [-0.25, -0.2) is 10.4 Å². The van der Waals surface area contributed by atoms with Crippen LogP contribution in [-0.2, 0) is 11.2 Å². The molecule has 0 atom stereocenters. The Morgan fingerprint density at radius 3 is 2.81 bits per heavy atom. The Balaban J connectivity index is 1.58. The number of carbonyl (C=O) groups excluding carboxylic acids is 1. The van der Waals surface area contributed by atoms with Gasteiger partial charge in [-0.05, 0) is 29.8 Å². The van der Waals surface area contributed by atoms with Crippen LogP contribution < -0.4 is 11.0 Å². The maximum atomic E-state index is 12.0. The van der Waals surface area contributed by atoms with Crippen LogP contribution in [-0.4, -0.2) is 22.1 Å². The van der Waals surface area contributed by atoms with Crippen molar-refractivity contribution < 1.29 is 4.79 Å². The molecule has 8 heteroatoms. The van der Waals surface area contributed by atoms with E-state index in [1.54, 1.807) is 30.3 Å². The summed E-state index contributed by atoms with van der Waals surface area (Å²) in [6, 6.07) is 12.2. The molecule has 0 spiro atoms. The molecule has 1 heterocycles. The summed E-state index contributed by atoms with van der Waals surface area (Å²) in [6.45, 7) is 0. The number of halogens is 2. The van der Waals surface area contributed by atoms with Gasteiger partial charge in [0.25, 0.3) is 5.56 Å². The van der Waals surface area contributed by atoms with Crippen LogP contribution in [0.5, 0.6) is 0 Å². The fourth-order valence-corrected chi connectivity index (χ4v) is 2.60. The zero-order chi connectivity index (χ0) is 18.5. The van der Waals surface area contributed by atoms with Crippen LogP contribution in [0.25, 0.3) is 11.0 Å². The molecule has 0 aliphatic carbocycles. The number of benzene rings is 2.